The third-order valence-corrected chi connectivity index (χ3v) is 7.90. The standard InChI is InChI=1S/C23H35N5O4S2/c1-23(2,3)17-13-24-19(32-17)15-33-20-14-25-22(34-20)26-21(30)16-8-11-28(12-9-16)10-6-4-5-7-18(29)27-31/h13-14,16,31H,4-12,15H2,1-3H3,(H,27,29)(H,25,26,30). The van der Waals surface area contributed by atoms with Gasteiger partial charge in [-0.15, -0.1) is 11.8 Å². The summed E-state index contributed by atoms with van der Waals surface area (Å²) in [6.45, 7) is 9.07. The predicted molar refractivity (Wildman–Crippen MR) is 133 cm³/mol. The highest BCUT2D eigenvalue weighted by Crippen LogP contribution is 2.32. The Kier molecular flexibility index (Phi) is 9.93. The Morgan fingerprint density at radius 1 is 1.21 bits per heavy atom. The first kappa shape index (κ1) is 26.7. The van der Waals surface area contributed by atoms with Gasteiger partial charge in [0.05, 0.1) is 22.4 Å². The van der Waals surface area contributed by atoms with E-state index in [0.717, 1.165) is 61.7 Å². The number of thioether (sulfide) groups is 1. The minimum Gasteiger partial charge on any atom is -0.444 e. The molecule has 3 rings (SSSR count). The number of carbonyl (C=O) groups is 2. The number of piperidine rings is 1. The molecule has 2 aromatic rings. The topological polar surface area (TPSA) is 121 Å². The number of nitrogens with zero attached hydrogens (tertiary/aromatic N) is 3. The molecule has 1 aliphatic rings. The average Bonchev–Trinajstić information content (AvgIpc) is 3.47. The molecule has 1 fully saturated rings. The predicted octanol–water partition coefficient (Wildman–Crippen LogP) is 4.44. The second-order valence-electron chi connectivity index (χ2n) is 9.59. The molecule has 0 saturated carbocycles. The summed E-state index contributed by atoms with van der Waals surface area (Å²) in [7, 11) is 0. The molecule has 1 aliphatic heterocycles. The van der Waals surface area contributed by atoms with E-state index in [0.29, 0.717) is 23.2 Å². The Morgan fingerprint density at radius 2 is 1.97 bits per heavy atom. The van der Waals surface area contributed by atoms with Crippen molar-refractivity contribution in [2.24, 2.45) is 5.92 Å². The fourth-order valence-electron chi connectivity index (χ4n) is 3.72. The van der Waals surface area contributed by atoms with Gasteiger partial charge >= 0.3 is 0 Å². The van der Waals surface area contributed by atoms with E-state index < -0.39 is 0 Å². The molecule has 34 heavy (non-hydrogen) atoms. The molecular weight excluding hydrogens is 474 g/mol. The van der Waals surface area contributed by atoms with Gasteiger partial charge in [-0.05, 0) is 45.3 Å². The fraction of sp³-hybridized carbons (Fsp3) is 0.652. The van der Waals surface area contributed by atoms with Crippen LogP contribution in [0.25, 0.3) is 0 Å². The highest BCUT2D eigenvalue weighted by atomic mass is 32.2. The molecule has 0 aliphatic carbocycles. The summed E-state index contributed by atoms with van der Waals surface area (Å²) in [5.74, 6) is 1.91. The summed E-state index contributed by atoms with van der Waals surface area (Å²) >= 11 is 3.07. The molecule has 2 amide bonds. The minimum absolute atomic E-state index is 0.00708. The van der Waals surface area contributed by atoms with Gasteiger partial charge in [0, 0.05) is 17.8 Å². The first-order valence-electron chi connectivity index (χ1n) is 11.7. The number of thiazole rings is 1. The lowest BCUT2D eigenvalue weighted by molar-refractivity contribution is -0.129. The Hall–Kier alpha value is -1.95. The lowest BCUT2D eigenvalue weighted by Crippen LogP contribution is -2.38. The van der Waals surface area contributed by atoms with Crippen LogP contribution in [0.15, 0.2) is 21.0 Å². The van der Waals surface area contributed by atoms with E-state index in [9.17, 15) is 9.59 Å². The van der Waals surface area contributed by atoms with E-state index in [1.807, 2.05) is 0 Å². The molecular formula is C23H35N5O4S2. The molecule has 0 atom stereocenters. The third kappa shape index (κ3) is 8.37. The van der Waals surface area contributed by atoms with Crippen LogP contribution in [-0.4, -0.2) is 51.5 Å². The SMILES string of the molecule is CC(C)(C)c1cnc(CSc2cnc(NC(=O)C3CCN(CCCCCC(=O)NO)CC3)s2)o1. The van der Waals surface area contributed by atoms with Gasteiger partial charge in [-0.3, -0.25) is 14.8 Å². The molecule has 188 valence electrons. The van der Waals surface area contributed by atoms with Gasteiger partial charge in [-0.2, -0.15) is 0 Å². The summed E-state index contributed by atoms with van der Waals surface area (Å²) in [6.07, 6.45) is 8.34. The lowest BCUT2D eigenvalue weighted by atomic mass is 9.94. The van der Waals surface area contributed by atoms with Gasteiger partial charge in [-0.1, -0.05) is 38.5 Å². The third-order valence-electron chi connectivity index (χ3n) is 5.81. The zero-order chi connectivity index (χ0) is 24.6. The second-order valence-corrected chi connectivity index (χ2v) is 11.9. The maximum atomic E-state index is 12.7. The van der Waals surface area contributed by atoms with E-state index in [2.05, 4.69) is 41.0 Å². The van der Waals surface area contributed by atoms with E-state index >= 15 is 0 Å². The first-order chi connectivity index (χ1) is 16.2. The van der Waals surface area contributed by atoms with Crippen molar-refractivity contribution >= 4 is 40.0 Å². The summed E-state index contributed by atoms with van der Waals surface area (Å²) in [5.41, 5.74) is 1.60. The Balaban J connectivity index is 1.34. The number of hydrogen-bond acceptors (Lipinski definition) is 9. The molecule has 3 heterocycles. The summed E-state index contributed by atoms with van der Waals surface area (Å²) < 4.78 is 6.84. The number of aromatic nitrogens is 2. The molecule has 0 spiro atoms. The number of rotatable bonds is 11. The van der Waals surface area contributed by atoms with E-state index in [1.165, 1.54) is 11.3 Å². The van der Waals surface area contributed by atoms with Crippen LogP contribution in [0.3, 0.4) is 0 Å². The first-order valence-corrected chi connectivity index (χ1v) is 13.5. The van der Waals surface area contributed by atoms with Crippen molar-refractivity contribution in [1.82, 2.24) is 20.3 Å². The Morgan fingerprint density at radius 3 is 2.65 bits per heavy atom. The van der Waals surface area contributed by atoms with Crippen molar-refractivity contribution < 1.29 is 19.2 Å². The average molecular weight is 510 g/mol. The summed E-state index contributed by atoms with van der Waals surface area (Å²) in [4.78, 5) is 34.8. The van der Waals surface area contributed by atoms with E-state index in [1.54, 1.807) is 29.6 Å². The van der Waals surface area contributed by atoms with Crippen LogP contribution >= 0.6 is 23.1 Å². The quantitative estimate of drug-likeness (QED) is 0.176. The van der Waals surface area contributed by atoms with Gasteiger partial charge in [-0.25, -0.2) is 15.4 Å². The van der Waals surface area contributed by atoms with E-state index in [4.69, 9.17) is 9.62 Å². The zero-order valence-electron chi connectivity index (χ0n) is 20.1. The molecule has 3 N–H and O–H groups in total. The molecule has 0 radical (unpaired) electrons. The maximum absolute atomic E-state index is 12.7. The molecule has 0 unspecified atom stereocenters. The number of carbonyl (C=O) groups excluding carboxylic acids is 2. The monoisotopic (exact) mass is 509 g/mol. The van der Waals surface area contributed by atoms with Crippen LogP contribution < -0.4 is 10.8 Å². The Labute approximate surface area is 209 Å². The largest absolute Gasteiger partial charge is 0.444 e. The number of hydrogen-bond donors (Lipinski definition) is 3. The van der Waals surface area contributed by atoms with Crippen LogP contribution in [0.4, 0.5) is 5.13 Å². The number of unbranched alkanes of at least 4 members (excludes halogenated alkanes) is 2. The van der Waals surface area contributed by atoms with Crippen LogP contribution in [0.2, 0.25) is 0 Å². The molecule has 11 heteroatoms. The van der Waals surface area contributed by atoms with Crippen molar-refractivity contribution in [1.29, 1.82) is 0 Å². The fourth-order valence-corrected chi connectivity index (χ4v) is 5.45. The number of hydroxylamine groups is 1. The van der Waals surface area contributed by atoms with Gasteiger partial charge in [0.1, 0.15) is 5.76 Å². The summed E-state index contributed by atoms with van der Waals surface area (Å²) in [5, 5.41) is 12.1. The van der Waals surface area contributed by atoms with Crippen molar-refractivity contribution in [2.75, 3.05) is 25.0 Å². The van der Waals surface area contributed by atoms with Gasteiger partial charge in [0.15, 0.2) is 5.13 Å². The van der Waals surface area contributed by atoms with Gasteiger partial charge in [0.2, 0.25) is 17.7 Å². The molecule has 2 aromatic heterocycles. The molecule has 0 bridgehead atoms. The zero-order valence-corrected chi connectivity index (χ0v) is 21.8. The molecule has 1 saturated heterocycles. The highest BCUT2D eigenvalue weighted by Gasteiger charge is 2.25. The van der Waals surface area contributed by atoms with E-state index in [-0.39, 0.29) is 23.1 Å². The van der Waals surface area contributed by atoms with Crippen molar-refractivity contribution in [3.63, 3.8) is 0 Å². The molecule has 0 aromatic carbocycles. The summed E-state index contributed by atoms with van der Waals surface area (Å²) in [6, 6.07) is 0. The van der Waals surface area contributed by atoms with Crippen molar-refractivity contribution in [3.8, 4) is 0 Å². The van der Waals surface area contributed by atoms with Crippen LogP contribution in [-0.2, 0) is 20.8 Å². The normalized spacial score (nSPS) is 15.4. The van der Waals surface area contributed by atoms with Crippen molar-refractivity contribution in [3.05, 3.63) is 24.0 Å². The van der Waals surface area contributed by atoms with Gasteiger partial charge < -0.3 is 14.6 Å². The van der Waals surface area contributed by atoms with Crippen LogP contribution in [0, 0.1) is 5.92 Å². The van der Waals surface area contributed by atoms with Crippen molar-refractivity contribution in [2.45, 2.75) is 74.7 Å². The highest BCUT2D eigenvalue weighted by molar-refractivity contribution is 8.00. The Bertz CT molecular complexity index is 932. The number of anilines is 1. The van der Waals surface area contributed by atoms with Crippen LogP contribution in [0.5, 0.6) is 0 Å². The van der Waals surface area contributed by atoms with Crippen LogP contribution in [0.1, 0.15) is 70.9 Å². The minimum atomic E-state index is -0.331. The second kappa shape index (κ2) is 12.7. The molecule has 9 nitrogen and oxygen atoms in total. The van der Waals surface area contributed by atoms with Gasteiger partial charge in [0.25, 0.3) is 0 Å². The number of nitrogens with one attached hydrogen (secondary N) is 2. The lowest BCUT2D eigenvalue weighted by Gasteiger charge is -2.31. The number of amides is 2. The number of likely N-dealkylation sites (tertiary alicyclic amines) is 1. The maximum Gasteiger partial charge on any atom is 0.243 e. The smallest absolute Gasteiger partial charge is 0.243 e. The number of oxazole rings is 1.